The summed E-state index contributed by atoms with van der Waals surface area (Å²) in [5, 5.41) is 8.88. The van der Waals surface area contributed by atoms with Crippen molar-refractivity contribution >= 4 is 5.69 Å². The third kappa shape index (κ3) is 2.56. The van der Waals surface area contributed by atoms with E-state index in [0.29, 0.717) is 6.07 Å². The van der Waals surface area contributed by atoms with Crippen LogP contribution in [0.5, 0.6) is 5.75 Å². The second kappa shape index (κ2) is 4.23. The highest BCUT2D eigenvalue weighted by Crippen LogP contribution is 2.23. The molecule has 0 saturated heterocycles. The molecule has 0 fully saturated rings. The fraction of sp³-hybridized carbons (Fsp3) is 0.333. The zero-order valence-electron chi connectivity index (χ0n) is 7.63. The fourth-order valence-electron chi connectivity index (χ4n) is 0.866. The Hall–Kier alpha value is -1.36. The normalized spacial score (nSPS) is 12.6. The Morgan fingerprint density at radius 3 is 2.64 bits per heavy atom. The molecule has 1 rings (SSSR count). The molecule has 1 atom stereocenters. The van der Waals surface area contributed by atoms with Gasteiger partial charge < -0.3 is 15.6 Å². The highest BCUT2D eigenvalue weighted by atomic mass is 19.1. The number of nitrogen functional groups attached to an aromatic ring is 1. The Morgan fingerprint density at radius 1 is 1.43 bits per heavy atom. The molecule has 0 aliphatic heterocycles. The molecule has 0 amide bonds. The Balaban J connectivity index is 2.82. The van der Waals surface area contributed by atoms with Crippen LogP contribution in [0.4, 0.5) is 14.5 Å². The molecule has 5 heteroatoms. The fourth-order valence-corrected chi connectivity index (χ4v) is 0.866. The van der Waals surface area contributed by atoms with E-state index >= 15 is 0 Å². The third-order valence-electron chi connectivity index (χ3n) is 1.53. The van der Waals surface area contributed by atoms with Gasteiger partial charge in [-0.2, -0.15) is 0 Å². The molecule has 0 radical (unpaired) electrons. The molecule has 0 saturated carbocycles. The average molecular weight is 203 g/mol. The summed E-state index contributed by atoms with van der Waals surface area (Å²) in [6, 6.07) is 1.69. The maximum absolute atomic E-state index is 13.0. The van der Waals surface area contributed by atoms with Gasteiger partial charge in [0.05, 0.1) is 11.8 Å². The summed E-state index contributed by atoms with van der Waals surface area (Å²) in [5.41, 5.74) is 5.02. The van der Waals surface area contributed by atoms with E-state index in [4.69, 9.17) is 15.6 Å². The Kier molecular flexibility index (Phi) is 3.24. The minimum atomic E-state index is -0.836. The van der Waals surface area contributed by atoms with Crippen molar-refractivity contribution in [2.75, 3.05) is 12.3 Å². The van der Waals surface area contributed by atoms with Crippen molar-refractivity contribution in [1.82, 2.24) is 0 Å². The molecule has 0 heterocycles. The molecule has 3 nitrogen and oxygen atoms in total. The number of aliphatic hydroxyl groups excluding tert-OH is 1. The van der Waals surface area contributed by atoms with Crippen LogP contribution in [-0.2, 0) is 0 Å². The lowest BCUT2D eigenvalue weighted by atomic mass is 10.3. The van der Waals surface area contributed by atoms with Gasteiger partial charge in [0.2, 0.25) is 0 Å². The Morgan fingerprint density at radius 2 is 2.07 bits per heavy atom. The maximum Gasteiger partial charge on any atom is 0.168 e. The third-order valence-corrected chi connectivity index (χ3v) is 1.53. The van der Waals surface area contributed by atoms with Gasteiger partial charge in [0.15, 0.2) is 11.6 Å². The van der Waals surface area contributed by atoms with Crippen LogP contribution in [0.3, 0.4) is 0 Å². The Labute approximate surface area is 80.1 Å². The molecule has 78 valence electrons. The molecule has 1 unspecified atom stereocenters. The second-order valence-electron chi connectivity index (χ2n) is 2.96. The molecule has 0 spiro atoms. The van der Waals surface area contributed by atoms with E-state index in [1.165, 1.54) is 6.92 Å². The van der Waals surface area contributed by atoms with Gasteiger partial charge in [0.25, 0.3) is 0 Å². The van der Waals surface area contributed by atoms with Gasteiger partial charge in [-0.25, -0.2) is 8.78 Å². The predicted octanol–water partition coefficient (Wildman–Crippen LogP) is 1.31. The van der Waals surface area contributed by atoms with Crippen LogP contribution in [0.2, 0.25) is 0 Å². The van der Waals surface area contributed by atoms with Crippen LogP contribution in [0.1, 0.15) is 6.92 Å². The largest absolute Gasteiger partial charge is 0.488 e. The zero-order chi connectivity index (χ0) is 10.7. The van der Waals surface area contributed by atoms with Crippen LogP contribution in [0, 0.1) is 11.6 Å². The van der Waals surface area contributed by atoms with E-state index in [1.54, 1.807) is 0 Å². The molecule has 3 N–H and O–H groups in total. The van der Waals surface area contributed by atoms with Crippen molar-refractivity contribution < 1.29 is 18.6 Å². The topological polar surface area (TPSA) is 55.5 Å². The average Bonchev–Trinajstić information content (AvgIpc) is 2.09. The van der Waals surface area contributed by atoms with Crippen molar-refractivity contribution in [3.05, 3.63) is 23.8 Å². The lowest BCUT2D eigenvalue weighted by Gasteiger charge is -2.09. The van der Waals surface area contributed by atoms with Gasteiger partial charge in [0, 0.05) is 12.1 Å². The highest BCUT2D eigenvalue weighted by Gasteiger charge is 2.09. The minimum Gasteiger partial charge on any atom is -0.488 e. The first-order valence-corrected chi connectivity index (χ1v) is 4.06. The van der Waals surface area contributed by atoms with Crippen molar-refractivity contribution in [3.8, 4) is 5.75 Å². The molecular weight excluding hydrogens is 192 g/mol. The summed E-state index contributed by atoms with van der Waals surface area (Å²) in [6.45, 7) is 1.42. The van der Waals surface area contributed by atoms with Gasteiger partial charge in [0.1, 0.15) is 12.4 Å². The second-order valence-corrected chi connectivity index (χ2v) is 2.96. The van der Waals surface area contributed by atoms with Crippen LogP contribution in [0.25, 0.3) is 0 Å². The number of ether oxygens (including phenoxy) is 1. The summed E-state index contributed by atoms with van der Waals surface area (Å²) in [5.74, 6) is -1.82. The number of halogens is 2. The highest BCUT2D eigenvalue weighted by molar-refractivity contribution is 5.46. The number of hydrogen-bond donors (Lipinski definition) is 2. The predicted molar refractivity (Wildman–Crippen MR) is 47.9 cm³/mol. The van der Waals surface area contributed by atoms with E-state index in [9.17, 15) is 8.78 Å². The summed E-state index contributed by atoms with van der Waals surface area (Å²) >= 11 is 0. The molecule has 0 bridgehead atoms. The molecule has 14 heavy (non-hydrogen) atoms. The van der Waals surface area contributed by atoms with Crippen LogP contribution >= 0.6 is 0 Å². The maximum atomic E-state index is 13.0. The zero-order valence-corrected chi connectivity index (χ0v) is 7.63. The Bertz CT molecular complexity index is 329. The number of hydrogen-bond acceptors (Lipinski definition) is 3. The molecule has 0 aliphatic rings. The number of benzene rings is 1. The van der Waals surface area contributed by atoms with E-state index < -0.39 is 17.7 Å². The quantitative estimate of drug-likeness (QED) is 0.728. The first-order valence-electron chi connectivity index (χ1n) is 4.06. The van der Waals surface area contributed by atoms with Crippen molar-refractivity contribution in [1.29, 1.82) is 0 Å². The van der Waals surface area contributed by atoms with Crippen molar-refractivity contribution in [2.24, 2.45) is 0 Å². The lowest BCUT2D eigenvalue weighted by Crippen LogP contribution is -2.13. The lowest BCUT2D eigenvalue weighted by molar-refractivity contribution is 0.120. The van der Waals surface area contributed by atoms with Gasteiger partial charge in [-0.15, -0.1) is 0 Å². The van der Waals surface area contributed by atoms with E-state index in [-0.39, 0.29) is 18.0 Å². The molecule has 0 aliphatic carbocycles. The standard InChI is InChI=1S/C9H11F2NO2/c1-5(13)4-14-9-3-8(12)6(10)2-7(9)11/h2-3,5,13H,4,12H2,1H3. The summed E-state index contributed by atoms with van der Waals surface area (Å²) in [6.07, 6.45) is -0.722. The monoisotopic (exact) mass is 203 g/mol. The smallest absolute Gasteiger partial charge is 0.168 e. The van der Waals surface area contributed by atoms with Gasteiger partial charge in [-0.3, -0.25) is 0 Å². The summed E-state index contributed by atoms with van der Waals surface area (Å²) in [4.78, 5) is 0. The number of anilines is 1. The van der Waals surface area contributed by atoms with Crippen LogP contribution in [-0.4, -0.2) is 17.8 Å². The van der Waals surface area contributed by atoms with Crippen LogP contribution in [0.15, 0.2) is 12.1 Å². The SMILES string of the molecule is CC(O)COc1cc(N)c(F)cc1F. The van der Waals surface area contributed by atoms with E-state index in [2.05, 4.69) is 0 Å². The van der Waals surface area contributed by atoms with Gasteiger partial charge in [-0.1, -0.05) is 0 Å². The first kappa shape index (κ1) is 10.7. The van der Waals surface area contributed by atoms with E-state index in [0.717, 1.165) is 6.07 Å². The first-order chi connectivity index (χ1) is 6.50. The molecule has 1 aromatic rings. The van der Waals surface area contributed by atoms with Crippen LogP contribution < -0.4 is 10.5 Å². The van der Waals surface area contributed by atoms with Gasteiger partial charge >= 0.3 is 0 Å². The van der Waals surface area contributed by atoms with Gasteiger partial charge in [-0.05, 0) is 6.92 Å². The molecular formula is C9H11F2NO2. The number of rotatable bonds is 3. The minimum absolute atomic E-state index is 0.0675. The van der Waals surface area contributed by atoms with E-state index in [1.807, 2.05) is 0 Å². The van der Waals surface area contributed by atoms with Crippen molar-refractivity contribution in [2.45, 2.75) is 13.0 Å². The molecule has 0 aromatic heterocycles. The summed E-state index contributed by atoms with van der Waals surface area (Å²) < 4.78 is 30.5. The van der Waals surface area contributed by atoms with Crippen molar-refractivity contribution in [3.63, 3.8) is 0 Å². The molecule has 1 aromatic carbocycles. The summed E-state index contributed by atoms with van der Waals surface area (Å²) in [7, 11) is 0. The number of aliphatic hydroxyl groups is 1. The number of nitrogens with two attached hydrogens (primary N) is 1.